The lowest BCUT2D eigenvalue weighted by Gasteiger charge is -2.36. The minimum absolute atomic E-state index is 0.120. The summed E-state index contributed by atoms with van der Waals surface area (Å²) >= 11 is 5.84. The van der Waals surface area contributed by atoms with E-state index in [0.29, 0.717) is 10.6 Å². The van der Waals surface area contributed by atoms with Crippen LogP contribution in [0.3, 0.4) is 0 Å². The van der Waals surface area contributed by atoms with Gasteiger partial charge in [0.2, 0.25) is 5.91 Å². The van der Waals surface area contributed by atoms with Crippen molar-refractivity contribution in [1.82, 2.24) is 4.98 Å². The van der Waals surface area contributed by atoms with Gasteiger partial charge >= 0.3 is 0 Å². The Bertz CT molecular complexity index is 514. The zero-order valence-electron chi connectivity index (χ0n) is 13.4. The molecule has 3 nitrogen and oxygen atoms in total. The Labute approximate surface area is 132 Å². The molecule has 1 fully saturated rings. The van der Waals surface area contributed by atoms with Gasteiger partial charge in [-0.15, -0.1) is 0 Å². The van der Waals surface area contributed by atoms with Crippen LogP contribution in [0.4, 0.5) is 5.69 Å². The molecule has 0 atom stereocenters. The maximum Gasteiger partial charge on any atom is 0.227 e. The average Bonchev–Trinajstić information content (AvgIpc) is 2.41. The molecule has 2 rings (SSSR count). The highest BCUT2D eigenvalue weighted by molar-refractivity contribution is 6.29. The Hall–Kier alpha value is -1.09. The number of hydrogen-bond acceptors (Lipinski definition) is 2. The topological polar surface area (TPSA) is 42.0 Å². The first-order valence-electron chi connectivity index (χ1n) is 7.71. The van der Waals surface area contributed by atoms with E-state index in [2.05, 4.69) is 31.1 Å². The van der Waals surface area contributed by atoms with E-state index < -0.39 is 0 Å². The minimum Gasteiger partial charge on any atom is -0.324 e. The monoisotopic (exact) mass is 308 g/mol. The van der Waals surface area contributed by atoms with Crippen molar-refractivity contribution in [1.29, 1.82) is 0 Å². The van der Waals surface area contributed by atoms with Crippen LogP contribution in [-0.2, 0) is 4.79 Å². The largest absolute Gasteiger partial charge is 0.324 e. The summed E-state index contributed by atoms with van der Waals surface area (Å²) in [5, 5.41) is 3.46. The van der Waals surface area contributed by atoms with Gasteiger partial charge in [0.05, 0.1) is 11.4 Å². The highest BCUT2D eigenvalue weighted by Crippen LogP contribution is 2.40. The zero-order valence-corrected chi connectivity index (χ0v) is 14.1. The second-order valence-electron chi connectivity index (χ2n) is 7.17. The molecule has 1 N–H and O–H groups in total. The molecule has 1 aromatic heterocycles. The zero-order chi connectivity index (χ0) is 15.6. The summed E-state index contributed by atoms with van der Waals surface area (Å²) in [6.45, 7) is 8.74. The smallest absolute Gasteiger partial charge is 0.227 e. The fourth-order valence-electron chi connectivity index (χ4n) is 3.12. The van der Waals surface area contributed by atoms with E-state index in [4.69, 9.17) is 11.6 Å². The van der Waals surface area contributed by atoms with Crippen molar-refractivity contribution in [2.45, 2.75) is 53.4 Å². The molecule has 0 radical (unpaired) electrons. The second kappa shape index (κ2) is 6.35. The number of nitrogens with one attached hydrogen (secondary N) is 1. The van der Waals surface area contributed by atoms with Gasteiger partial charge in [-0.3, -0.25) is 4.79 Å². The fourth-order valence-corrected chi connectivity index (χ4v) is 3.31. The molecular weight excluding hydrogens is 284 g/mol. The van der Waals surface area contributed by atoms with Crippen LogP contribution in [-0.4, -0.2) is 10.9 Å². The number of pyridine rings is 1. The van der Waals surface area contributed by atoms with Crippen molar-refractivity contribution < 1.29 is 4.79 Å². The number of nitrogens with zero attached hydrogens (tertiary/aromatic N) is 1. The van der Waals surface area contributed by atoms with E-state index in [1.165, 1.54) is 0 Å². The molecule has 1 saturated carbocycles. The van der Waals surface area contributed by atoms with Crippen LogP contribution in [0.15, 0.2) is 12.1 Å². The van der Waals surface area contributed by atoms with Crippen molar-refractivity contribution in [2.75, 3.05) is 5.32 Å². The lowest BCUT2D eigenvalue weighted by atomic mass is 9.69. The molecule has 1 aromatic rings. The Morgan fingerprint density at radius 3 is 2.38 bits per heavy atom. The predicted molar refractivity (Wildman–Crippen MR) is 87.5 cm³/mol. The van der Waals surface area contributed by atoms with Crippen LogP contribution in [0.25, 0.3) is 0 Å². The SMILES string of the molecule is Cc1nc(Cl)ccc1NC(=O)C1CCC(C(C)(C)C)CC1. The summed E-state index contributed by atoms with van der Waals surface area (Å²) in [6, 6.07) is 3.53. The van der Waals surface area contributed by atoms with Gasteiger partial charge in [-0.25, -0.2) is 4.98 Å². The van der Waals surface area contributed by atoms with Crippen molar-refractivity contribution in [3.8, 4) is 0 Å². The summed E-state index contributed by atoms with van der Waals surface area (Å²) in [7, 11) is 0. The van der Waals surface area contributed by atoms with Gasteiger partial charge in [0.15, 0.2) is 0 Å². The third kappa shape index (κ3) is 4.19. The molecule has 0 aromatic carbocycles. The van der Waals surface area contributed by atoms with Crippen LogP contribution in [0.5, 0.6) is 0 Å². The van der Waals surface area contributed by atoms with Gasteiger partial charge in [-0.05, 0) is 56.1 Å². The number of anilines is 1. The summed E-state index contributed by atoms with van der Waals surface area (Å²) in [4.78, 5) is 16.6. The van der Waals surface area contributed by atoms with Gasteiger partial charge in [-0.2, -0.15) is 0 Å². The molecule has 1 aliphatic rings. The predicted octanol–water partition coefficient (Wildman–Crippen LogP) is 4.83. The van der Waals surface area contributed by atoms with Gasteiger partial charge in [0.1, 0.15) is 5.15 Å². The number of aryl methyl sites for hydroxylation is 1. The molecule has 1 aliphatic carbocycles. The number of hydrogen-bond donors (Lipinski definition) is 1. The highest BCUT2D eigenvalue weighted by Gasteiger charge is 2.32. The summed E-state index contributed by atoms with van der Waals surface area (Å²) in [6.07, 6.45) is 4.24. The average molecular weight is 309 g/mol. The molecular formula is C17H25ClN2O. The Morgan fingerprint density at radius 1 is 1.24 bits per heavy atom. The first-order valence-corrected chi connectivity index (χ1v) is 8.09. The van der Waals surface area contributed by atoms with Crippen LogP contribution in [0.1, 0.15) is 52.1 Å². The molecule has 4 heteroatoms. The van der Waals surface area contributed by atoms with E-state index in [9.17, 15) is 4.79 Å². The molecule has 0 saturated heterocycles. The quantitative estimate of drug-likeness (QED) is 0.795. The van der Waals surface area contributed by atoms with E-state index in [1.54, 1.807) is 6.07 Å². The highest BCUT2D eigenvalue weighted by atomic mass is 35.5. The van der Waals surface area contributed by atoms with Gasteiger partial charge < -0.3 is 5.32 Å². The van der Waals surface area contributed by atoms with Crippen molar-refractivity contribution in [3.63, 3.8) is 0 Å². The van der Waals surface area contributed by atoms with Crippen molar-refractivity contribution in [3.05, 3.63) is 23.0 Å². The fraction of sp³-hybridized carbons (Fsp3) is 0.647. The first kappa shape index (κ1) is 16.3. The maximum absolute atomic E-state index is 12.4. The van der Waals surface area contributed by atoms with Gasteiger partial charge in [0.25, 0.3) is 0 Å². The van der Waals surface area contributed by atoms with Crippen molar-refractivity contribution in [2.24, 2.45) is 17.3 Å². The standard InChI is InChI=1S/C17H25ClN2O/c1-11-14(9-10-15(18)19-11)20-16(21)12-5-7-13(8-6-12)17(2,3)4/h9-10,12-13H,5-8H2,1-4H3,(H,20,21). The van der Waals surface area contributed by atoms with Crippen LogP contribution in [0.2, 0.25) is 5.15 Å². The molecule has 116 valence electrons. The van der Waals surface area contributed by atoms with Crippen LogP contribution >= 0.6 is 11.6 Å². The van der Waals surface area contributed by atoms with Crippen LogP contribution < -0.4 is 5.32 Å². The molecule has 0 bridgehead atoms. The van der Waals surface area contributed by atoms with Crippen LogP contribution in [0, 0.1) is 24.2 Å². The number of carbonyl (C=O) groups excluding carboxylic acids is 1. The molecule has 1 amide bonds. The molecule has 0 unspecified atom stereocenters. The van der Waals surface area contributed by atoms with E-state index in [-0.39, 0.29) is 11.8 Å². The Balaban J connectivity index is 1.93. The molecule has 1 heterocycles. The number of carbonyl (C=O) groups is 1. The lowest BCUT2D eigenvalue weighted by Crippen LogP contribution is -2.31. The minimum atomic E-state index is 0.120. The number of halogens is 1. The maximum atomic E-state index is 12.4. The molecule has 21 heavy (non-hydrogen) atoms. The summed E-state index contributed by atoms with van der Waals surface area (Å²) in [5.74, 6) is 0.966. The van der Waals surface area contributed by atoms with Gasteiger partial charge in [0, 0.05) is 5.92 Å². The number of aromatic nitrogens is 1. The number of amides is 1. The summed E-state index contributed by atoms with van der Waals surface area (Å²) in [5.41, 5.74) is 1.87. The summed E-state index contributed by atoms with van der Waals surface area (Å²) < 4.78 is 0. The van der Waals surface area contributed by atoms with E-state index in [1.807, 2.05) is 13.0 Å². The second-order valence-corrected chi connectivity index (χ2v) is 7.56. The van der Waals surface area contributed by atoms with Crippen molar-refractivity contribution >= 4 is 23.2 Å². The molecule has 0 spiro atoms. The Kier molecular flexibility index (Phi) is 4.92. The first-order chi connectivity index (χ1) is 9.77. The lowest BCUT2D eigenvalue weighted by molar-refractivity contribution is -0.121. The van der Waals surface area contributed by atoms with E-state index >= 15 is 0 Å². The van der Waals surface area contributed by atoms with E-state index in [0.717, 1.165) is 43.0 Å². The molecule has 0 aliphatic heterocycles. The Morgan fingerprint density at radius 2 is 1.86 bits per heavy atom. The van der Waals surface area contributed by atoms with Gasteiger partial charge in [-0.1, -0.05) is 32.4 Å². The third-order valence-electron chi connectivity index (χ3n) is 4.63. The number of rotatable bonds is 2. The third-order valence-corrected chi connectivity index (χ3v) is 4.84. The normalized spacial score (nSPS) is 22.9.